The first-order valence-electron chi connectivity index (χ1n) is 5.43. The third kappa shape index (κ3) is 3.17. The van der Waals surface area contributed by atoms with Crippen molar-refractivity contribution in [1.82, 2.24) is 0 Å². The Bertz CT molecular complexity index is 669. The Balaban J connectivity index is 2.28. The monoisotopic (exact) mass is 374 g/mol. The molecule has 0 heterocycles. The minimum atomic E-state index is -0.480. The lowest BCUT2D eigenvalue weighted by Gasteiger charge is -2.09. The first-order valence-corrected chi connectivity index (χ1v) is 6.98. The summed E-state index contributed by atoms with van der Waals surface area (Å²) in [5.74, 6) is -0.614. The summed E-state index contributed by atoms with van der Waals surface area (Å²) in [6, 6.07) is 7.54. The largest absolute Gasteiger partial charge is 0.507 e. The second-order valence-electron chi connectivity index (χ2n) is 3.97. The van der Waals surface area contributed by atoms with Crippen molar-refractivity contribution in [2.24, 2.45) is 0 Å². The average Bonchev–Trinajstić information content (AvgIpc) is 2.35. The van der Waals surface area contributed by atoms with E-state index in [1.807, 2.05) is 0 Å². The summed E-state index contributed by atoms with van der Waals surface area (Å²) in [4.78, 5) is 12.0. The normalized spacial score (nSPS) is 10.3. The number of phenols is 1. The smallest absolute Gasteiger partial charge is 0.259 e. The number of amides is 1. The summed E-state index contributed by atoms with van der Waals surface area (Å²) >= 11 is 15.0. The predicted octanol–water partition coefficient (Wildman–Crippen LogP) is 4.30. The Hall–Kier alpha value is -1.43. The van der Waals surface area contributed by atoms with Crippen LogP contribution < -0.4 is 11.1 Å². The molecule has 7 heteroatoms. The Morgan fingerprint density at radius 3 is 2.35 bits per heavy atom. The van der Waals surface area contributed by atoms with E-state index in [1.165, 1.54) is 24.3 Å². The van der Waals surface area contributed by atoms with Gasteiger partial charge >= 0.3 is 0 Å². The van der Waals surface area contributed by atoms with Crippen LogP contribution in [-0.2, 0) is 0 Å². The van der Waals surface area contributed by atoms with Crippen LogP contribution in [0.5, 0.6) is 5.75 Å². The molecule has 104 valence electrons. The molecule has 0 saturated carbocycles. The van der Waals surface area contributed by atoms with Crippen LogP contribution in [0.3, 0.4) is 0 Å². The molecule has 2 rings (SSSR count). The molecule has 0 aliphatic heterocycles. The SMILES string of the molecule is Nc1c(Cl)cc(NC(=O)c2ccc(Br)cc2O)cc1Cl. The molecule has 4 nitrogen and oxygen atoms in total. The van der Waals surface area contributed by atoms with Gasteiger partial charge in [-0.3, -0.25) is 4.79 Å². The fourth-order valence-corrected chi connectivity index (χ4v) is 2.39. The van der Waals surface area contributed by atoms with E-state index in [-0.39, 0.29) is 27.0 Å². The number of benzene rings is 2. The molecule has 4 N–H and O–H groups in total. The molecule has 0 spiro atoms. The molecular formula is C13H9BrCl2N2O2. The molecule has 0 unspecified atom stereocenters. The molecule has 0 atom stereocenters. The van der Waals surface area contributed by atoms with Crippen molar-refractivity contribution in [2.45, 2.75) is 0 Å². The zero-order valence-electron chi connectivity index (χ0n) is 9.95. The predicted molar refractivity (Wildman–Crippen MR) is 84.6 cm³/mol. The third-order valence-electron chi connectivity index (χ3n) is 2.54. The van der Waals surface area contributed by atoms with Gasteiger partial charge in [-0.05, 0) is 30.3 Å². The minimum Gasteiger partial charge on any atom is -0.507 e. The van der Waals surface area contributed by atoms with E-state index >= 15 is 0 Å². The standard InChI is InChI=1S/C13H9BrCl2N2O2/c14-6-1-2-8(11(19)3-6)13(20)18-7-4-9(15)12(17)10(16)5-7/h1-5,19H,17H2,(H,18,20). The van der Waals surface area contributed by atoms with E-state index < -0.39 is 5.91 Å². The molecule has 2 aromatic rings. The van der Waals surface area contributed by atoms with Crippen LogP contribution in [-0.4, -0.2) is 11.0 Å². The maximum atomic E-state index is 12.0. The molecular weight excluding hydrogens is 367 g/mol. The zero-order chi connectivity index (χ0) is 14.9. The summed E-state index contributed by atoms with van der Waals surface area (Å²) in [5, 5.41) is 12.8. The number of nitrogens with one attached hydrogen (secondary N) is 1. The van der Waals surface area contributed by atoms with Crippen molar-refractivity contribution < 1.29 is 9.90 Å². The Kier molecular flexibility index (Phi) is 4.42. The molecule has 0 aliphatic carbocycles. The highest BCUT2D eigenvalue weighted by Gasteiger charge is 2.13. The average molecular weight is 376 g/mol. The van der Waals surface area contributed by atoms with Crippen LogP contribution in [0.4, 0.5) is 11.4 Å². The first kappa shape index (κ1) is 15.0. The lowest BCUT2D eigenvalue weighted by Crippen LogP contribution is -2.12. The number of hydrogen-bond acceptors (Lipinski definition) is 3. The van der Waals surface area contributed by atoms with Crippen LogP contribution in [0.25, 0.3) is 0 Å². The lowest BCUT2D eigenvalue weighted by atomic mass is 10.2. The van der Waals surface area contributed by atoms with Gasteiger partial charge in [-0.1, -0.05) is 39.1 Å². The van der Waals surface area contributed by atoms with Gasteiger partial charge < -0.3 is 16.2 Å². The van der Waals surface area contributed by atoms with Crippen LogP contribution >= 0.6 is 39.1 Å². The molecule has 0 aliphatic rings. The van der Waals surface area contributed by atoms with E-state index in [4.69, 9.17) is 28.9 Å². The number of hydrogen-bond donors (Lipinski definition) is 3. The number of halogens is 3. The van der Waals surface area contributed by atoms with Gasteiger partial charge in [-0.2, -0.15) is 0 Å². The van der Waals surface area contributed by atoms with Crippen molar-refractivity contribution in [1.29, 1.82) is 0 Å². The second-order valence-corrected chi connectivity index (χ2v) is 5.70. The van der Waals surface area contributed by atoms with Crippen LogP contribution in [0.2, 0.25) is 10.0 Å². The van der Waals surface area contributed by atoms with Gasteiger partial charge in [-0.15, -0.1) is 0 Å². The lowest BCUT2D eigenvalue weighted by molar-refractivity contribution is 0.102. The number of nitrogens with two attached hydrogens (primary N) is 1. The number of carbonyl (C=O) groups is 1. The van der Waals surface area contributed by atoms with Crippen LogP contribution in [0.15, 0.2) is 34.8 Å². The van der Waals surface area contributed by atoms with E-state index in [9.17, 15) is 9.90 Å². The molecule has 1 amide bonds. The van der Waals surface area contributed by atoms with Gasteiger partial charge in [0.05, 0.1) is 21.3 Å². The molecule has 0 fully saturated rings. The van der Waals surface area contributed by atoms with Gasteiger partial charge in [0.1, 0.15) is 5.75 Å². The molecule has 0 aromatic heterocycles. The highest BCUT2D eigenvalue weighted by Crippen LogP contribution is 2.31. The van der Waals surface area contributed by atoms with Crippen molar-refractivity contribution in [2.75, 3.05) is 11.1 Å². The molecule has 0 bridgehead atoms. The maximum absolute atomic E-state index is 12.0. The number of nitrogen functional groups attached to an aromatic ring is 1. The minimum absolute atomic E-state index is 0.135. The number of aromatic hydroxyl groups is 1. The van der Waals surface area contributed by atoms with Crippen LogP contribution in [0, 0.1) is 0 Å². The van der Waals surface area contributed by atoms with Gasteiger partial charge in [-0.25, -0.2) is 0 Å². The second kappa shape index (κ2) is 5.91. The fourth-order valence-electron chi connectivity index (χ4n) is 1.55. The maximum Gasteiger partial charge on any atom is 0.259 e. The van der Waals surface area contributed by atoms with Crippen molar-refractivity contribution in [3.05, 3.63) is 50.4 Å². The first-order chi connectivity index (χ1) is 9.38. The molecule has 20 heavy (non-hydrogen) atoms. The summed E-state index contributed by atoms with van der Waals surface area (Å²) in [5.41, 5.74) is 6.39. The summed E-state index contributed by atoms with van der Waals surface area (Å²) in [7, 11) is 0. The number of anilines is 2. The van der Waals surface area contributed by atoms with Crippen molar-refractivity contribution >= 4 is 56.4 Å². The Morgan fingerprint density at radius 1 is 1.20 bits per heavy atom. The number of phenolic OH excluding ortho intramolecular Hbond substituents is 1. The van der Waals surface area contributed by atoms with Gasteiger partial charge in [0.25, 0.3) is 5.91 Å². The van der Waals surface area contributed by atoms with Crippen molar-refractivity contribution in [3.8, 4) is 5.75 Å². The summed E-state index contributed by atoms with van der Waals surface area (Å²) in [6.07, 6.45) is 0. The zero-order valence-corrected chi connectivity index (χ0v) is 13.1. The Labute approximate surface area is 133 Å². The number of carbonyl (C=O) groups excluding carboxylic acids is 1. The highest BCUT2D eigenvalue weighted by atomic mass is 79.9. The Morgan fingerprint density at radius 2 is 1.80 bits per heavy atom. The highest BCUT2D eigenvalue weighted by molar-refractivity contribution is 9.10. The molecule has 2 aromatic carbocycles. The summed E-state index contributed by atoms with van der Waals surface area (Å²) in [6.45, 7) is 0. The van der Waals surface area contributed by atoms with E-state index in [0.29, 0.717) is 10.2 Å². The molecule has 0 radical (unpaired) electrons. The van der Waals surface area contributed by atoms with Crippen molar-refractivity contribution in [3.63, 3.8) is 0 Å². The van der Waals surface area contributed by atoms with Gasteiger partial charge in [0.15, 0.2) is 0 Å². The quantitative estimate of drug-likeness (QED) is 0.685. The topological polar surface area (TPSA) is 75.3 Å². The van der Waals surface area contributed by atoms with E-state index in [1.54, 1.807) is 6.07 Å². The fraction of sp³-hybridized carbons (Fsp3) is 0. The third-order valence-corrected chi connectivity index (χ3v) is 3.66. The van der Waals surface area contributed by atoms with Crippen LogP contribution in [0.1, 0.15) is 10.4 Å². The van der Waals surface area contributed by atoms with E-state index in [2.05, 4.69) is 21.2 Å². The summed E-state index contributed by atoms with van der Waals surface area (Å²) < 4.78 is 0.671. The van der Waals surface area contributed by atoms with Gasteiger partial charge in [0.2, 0.25) is 0 Å². The number of rotatable bonds is 2. The molecule has 0 saturated heterocycles. The van der Waals surface area contributed by atoms with Gasteiger partial charge in [0, 0.05) is 10.2 Å². The van der Waals surface area contributed by atoms with E-state index in [0.717, 1.165) is 0 Å².